The highest BCUT2D eigenvalue weighted by atomic mass is 35.5. The van der Waals surface area contributed by atoms with Crippen molar-refractivity contribution in [3.63, 3.8) is 0 Å². The molecule has 1 N–H and O–H groups in total. The molecule has 2 rings (SSSR count). The van der Waals surface area contributed by atoms with Crippen LogP contribution >= 0.6 is 11.6 Å². The van der Waals surface area contributed by atoms with Crippen molar-refractivity contribution in [3.8, 4) is 0 Å². The van der Waals surface area contributed by atoms with Gasteiger partial charge >= 0.3 is 0 Å². The van der Waals surface area contributed by atoms with Gasteiger partial charge < -0.3 is 5.32 Å². The van der Waals surface area contributed by atoms with Crippen molar-refractivity contribution in [1.29, 1.82) is 0 Å². The van der Waals surface area contributed by atoms with Crippen molar-refractivity contribution in [1.82, 2.24) is 9.78 Å². The highest BCUT2D eigenvalue weighted by Gasteiger charge is 2.10. The first-order valence-electron chi connectivity index (χ1n) is 7.02. The molecule has 0 saturated heterocycles. The van der Waals surface area contributed by atoms with Crippen molar-refractivity contribution in [3.05, 3.63) is 57.0 Å². The second-order valence-electron chi connectivity index (χ2n) is 5.59. The predicted octanol–water partition coefficient (Wildman–Crippen LogP) is 3.47. The molecule has 0 unspecified atom stereocenters. The molecular formula is C16H20ClN3O. The van der Waals surface area contributed by atoms with E-state index in [2.05, 4.69) is 22.5 Å². The molecule has 0 radical (unpaired) electrons. The number of nitrogens with zero attached hydrogens (tertiary/aromatic N) is 2. The minimum atomic E-state index is -0.251. The van der Waals surface area contributed by atoms with E-state index >= 15 is 0 Å². The maximum atomic E-state index is 12.1. The third-order valence-electron chi connectivity index (χ3n) is 3.13. The molecule has 0 spiro atoms. The number of aromatic nitrogens is 2. The van der Waals surface area contributed by atoms with Gasteiger partial charge in [-0.15, -0.1) is 0 Å². The first-order chi connectivity index (χ1) is 9.97. The molecule has 1 aromatic carbocycles. The average Bonchev–Trinajstić information content (AvgIpc) is 2.44. The topological polar surface area (TPSA) is 46.9 Å². The third-order valence-corrected chi connectivity index (χ3v) is 3.49. The van der Waals surface area contributed by atoms with Gasteiger partial charge in [-0.05, 0) is 18.4 Å². The molecule has 5 heteroatoms. The fourth-order valence-corrected chi connectivity index (χ4v) is 2.18. The Labute approximate surface area is 129 Å². The summed E-state index contributed by atoms with van der Waals surface area (Å²) in [4.78, 5) is 12.1. The molecule has 4 nitrogen and oxygen atoms in total. The molecule has 0 fully saturated rings. The minimum absolute atomic E-state index is 0.192. The van der Waals surface area contributed by atoms with Crippen LogP contribution in [0.2, 0.25) is 5.02 Å². The Kier molecular flexibility index (Phi) is 5.02. The van der Waals surface area contributed by atoms with Crippen LogP contribution < -0.4 is 10.9 Å². The van der Waals surface area contributed by atoms with Gasteiger partial charge in [-0.2, -0.15) is 5.10 Å². The molecule has 1 heterocycles. The Morgan fingerprint density at radius 1 is 1.29 bits per heavy atom. The standard InChI is InChI=1S/C16H20ClN3O/c1-11(2)10-20-16(21)15(17)14(9-19-20)18-8-13-6-4-12(3)5-7-13/h4-7,9,11,18H,8,10H2,1-3H3. The molecular weight excluding hydrogens is 286 g/mol. The number of anilines is 1. The number of hydrogen-bond acceptors (Lipinski definition) is 3. The van der Waals surface area contributed by atoms with E-state index in [9.17, 15) is 4.79 Å². The highest BCUT2D eigenvalue weighted by molar-refractivity contribution is 6.32. The van der Waals surface area contributed by atoms with Crippen molar-refractivity contribution < 1.29 is 0 Å². The van der Waals surface area contributed by atoms with Crippen LogP contribution in [0, 0.1) is 12.8 Å². The zero-order valence-electron chi connectivity index (χ0n) is 12.6. The van der Waals surface area contributed by atoms with Crippen LogP contribution in [0.3, 0.4) is 0 Å². The second-order valence-corrected chi connectivity index (χ2v) is 5.97. The molecule has 21 heavy (non-hydrogen) atoms. The number of benzene rings is 1. The van der Waals surface area contributed by atoms with Gasteiger partial charge in [-0.1, -0.05) is 55.3 Å². The molecule has 0 aliphatic heterocycles. The quantitative estimate of drug-likeness (QED) is 0.920. The minimum Gasteiger partial charge on any atom is -0.378 e. The summed E-state index contributed by atoms with van der Waals surface area (Å²) < 4.78 is 1.41. The number of rotatable bonds is 5. The van der Waals surface area contributed by atoms with E-state index in [1.165, 1.54) is 10.2 Å². The van der Waals surface area contributed by atoms with Gasteiger partial charge in [0, 0.05) is 13.1 Å². The Morgan fingerprint density at radius 3 is 2.57 bits per heavy atom. The molecule has 2 aromatic rings. The number of hydrogen-bond donors (Lipinski definition) is 1. The van der Waals surface area contributed by atoms with Crippen LogP contribution in [0.25, 0.3) is 0 Å². The largest absolute Gasteiger partial charge is 0.378 e. The molecule has 0 atom stereocenters. The number of halogens is 1. The van der Waals surface area contributed by atoms with E-state index in [0.717, 1.165) is 5.56 Å². The monoisotopic (exact) mass is 305 g/mol. The zero-order chi connectivity index (χ0) is 15.4. The fourth-order valence-electron chi connectivity index (χ4n) is 1.97. The van der Waals surface area contributed by atoms with Gasteiger partial charge in [0.25, 0.3) is 5.56 Å². The maximum Gasteiger partial charge on any atom is 0.287 e. The summed E-state index contributed by atoms with van der Waals surface area (Å²) in [5.74, 6) is 0.345. The molecule has 0 amide bonds. The maximum absolute atomic E-state index is 12.1. The Hall–Kier alpha value is -1.81. The second kappa shape index (κ2) is 6.76. The predicted molar refractivity (Wildman–Crippen MR) is 86.9 cm³/mol. The molecule has 0 aliphatic carbocycles. The van der Waals surface area contributed by atoms with Crippen LogP contribution in [-0.2, 0) is 13.1 Å². The van der Waals surface area contributed by atoms with E-state index in [1.807, 2.05) is 32.9 Å². The first-order valence-corrected chi connectivity index (χ1v) is 7.40. The van der Waals surface area contributed by atoms with Crippen LogP contribution in [0.1, 0.15) is 25.0 Å². The first kappa shape index (κ1) is 15.6. The SMILES string of the molecule is Cc1ccc(CNc2cnn(CC(C)C)c(=O)c2Cl)cc1. The average molecular weight is 306 g/mol. The van der Waals surface area contributed by atoms with E-state index in [1.54, 1.807) is 6.20 Å². The third kappa shape index (κ3) is 4.08. The summed E-state index contributed by atoms with van der Waals surface area (Å²) in [6.07, 6.45) is 1.61. The lowest BCUT2D eigenvalue weighted by molar-refractivity contribution is 0.464. The fraction of sp³-hybridized carbons (Fsp3) is 0.375. The van der Waals surface area contributed by atoms with E-state index in [4.69, 9.17) is 11.6 Å². The Bertz CT molecular complexity index is 662. The van der Waals surface area contributed by atoms with Gasteiger partial charge in [0.05, 0.1) is 11.9 Å². The van der Waals surface area contributed by atoms with Gasteiger partial charge in [0.15, 0.2) is 0 Å². The molecule has 0 saturated carbocycles. The van der Waals surface area contributed by atoms with E-state index in [0.29, 0.717) is 24.7 Å². The van der Waals surface area contributed by atoms with Crippen molar-refractivity contribution in [2.24, 2.45) is 5.92 Å². The van der Waals surface area contributed by atoms with Crippen molar-refractivity contribution in [2.75, 3.05) is 5.32 Å². The lowest BCUT2D eigenvalue weighted by Gasteiger charge is -2.11. The van der Waals surface area contributed by atoms with Crippen LogP contribution in [0.4, 0.5) is 5.69 Å². The molecule has 0 aliphatic rings. The van der Waals surface area contributed by atoms with Gasteiger partial charge in [0.1, 0.15) is 5.02 Å². The van der Waals surface area contributed by atoms with Gasteiger partial charge in [0.2, 0.25) is 0 Å². The lowest BCUT2D eigenvalue weighted by atomic mass is 10.1. The lowest BCUT2D eigenvalue weighted by Crippen LogP contribution is -2.26. The summed E-state index contributed by atoms with van der Waals surface area (Å²) in [7, 11) is 0. The molecule has 112 valence electrons. The summed E-state index contributed by atoms with van der Waals surface area (Å²) >= 11 is 6.14. The summed E-state index contributed by atoms with van der Waals surface area (Å²) in [6, 6.07) is 8.20. The van der Waals surface area contributed by atoms with E-state index < -0.39 is 0 Å². The van der Waals surface area contributed by atoms with Crippen LogP contribution in [0.5, 0.6) is 0 Å². The number of nitrogens with one attached hydrogen (secondary N) is 1. The van der Waals surface area contributed by atoms with Crippen molar-refractivity contribution in [2.45, 2.75) is 33.9 Å². The Morgan fingerprint density at radius 2 is 1.95 bits per heavy atom. The summed E-state index contributed by atoms with van der Waals surface area (Å²) in [6.45, 7) is 7.29. The van der Waals surface area contributed by atoms with E-state index in [-0.39, 0.29) is 10.6 Å². The van der Waals surface area contributed by atoms with Gasteiger partial charge in [-0.3, -0.25) is 4.79 Å². The van der Waals surface area contributed by atoms with Crippen molar-refractivity contribution >= 4 is 17.3 Å². The van der Waals surface area contributed by atoms with Crippen LogP contribution in [0.15, 0.2) is 35.3 Å². The zero-order valence-corrected chi connectivity index (χ0v) is 13.3. The normalized spacial score (nSPS) is 10.9. The molecule has 1 aromatic heterocycles. The van der Waals surface area contributed by atoms with Crippen LogP contribution in [-0.4, -0.2) is 9.78 Å². The Balaban J connectivity index is 2.12. The highest BCUT2D eigenvalue weighted by Crippen LogP contribution is 2.17. The smallest absolute Gasteiger partial charge is 0.287 e. The summed E-state index contributed by atoms with van der Waals surface area (Å²) in [5.41, 5.74) is 2.67. The summed E-state index contributed by atoms with van der Waals surface area (Å²) in [5, 5.41) is 7.52. The molecule has 0 bridgehead atoms. The van der Waals surface area contributed by atoms with Gasteiger partial charge in [-0.25, -0.2) is 4.68 Å². The number of aryl methyl sites for hydroxylation is 1.